The van der Waals surface area contributed by atoms with Gasteiger partial charge in [0.05, 0.1) is 10.0 Å². The molecule has 118 valence electrons. The first-order valence-corrected chi connectivity index (χ1v) is 7.98. The van der Waals surface area contributed by atoms with Crippen molar-refractivity contribution in [3.63, 3.8) is 0 Å². The van der Waals surface area contributed by atoms with Crippen LogP contribution in [-0.4, -0.2) is 12.6 Å². The molecule has 5 heteroatoms. The Hall–Kier alpha value is -2.84. The monoisotopic (exact) mass is 381 g/mol. The third kappa shape index (κ3) is 3.39. The molecule has 0 aromatic heterocycles. The third-order valence-electron chi connectivity index (χ3n) is 3.40. The van der Waals surface area contributed by atoms with Crippen LogP contribution in [0.15, 0.2) is 65.1 Å². The van der Waals surface area contributed by atoms with Gasteiger partial charge >= 0.3 is 5.97 Å². The molecule has 0 unspecified atom stereocenters. The average molecular weight is 382 g/mol. The topological polar surface area (TPSA) is 59.3 Å². The normalized spacial score (nSPS) is 10.2. The fourth-order valence-corrected chi connectivity index (χ4v) is 2.84. The highest BCUT2D eigenvalue weighted by molar-refractivity contribution is 9.10. The lowest BCUT2D eigenvalue weighted by atomic mass is 10.1. The van der Waals surface area contributed by atoms with Crippen molar-refractivity contribution in [1.82, 2.24) is 0 Å². The molecule has 3 aromatic carbocycles. The number of esters is 1. The van der Waals surface area contributed by atoms with Gasteiger partial charge in [0, 0.05) is 0 Å². The molecule has 0 aliphatic rings. The van der Waals surface area contributed by atoms with Crippen LogP contribution in [0, 0.1) is 11.3 Å². The van der Waals surface area contributed by atoms with Gasteiger partial charge in [-0.15, -0.1) is 0 Å². The zero-order valence-corrected chi connectivity index (χ0v) is 14.1. The van der Waals surface area contributed by atoms with Crippen LogP contribution < -0.4 is 9.47 Å². The molecule has 0 amide bonds. The molecule has 0 bridgehead atoms. The SMILES string of the molecule is N#Cc1ccccc1OCC(=O)Oc1ccc2ccccc2c1Br. The molecule has 0 heterocycles. The largest absolute Gasteiger partial charge is 0.481 e. The lowest BCUT2D eigenvalue weighted by Gasteiger charge is -2.10. The number of nitriles is 1. The van der Waals surface area contributed by atoms with Gasteiger partial charge in [-0.3, -0.25) is 0 Å². The van der Waals surface area contributed by atoms with Crippen LogP contribution in [0.2, 0.25) is 0 Å². The molecule has 4 nitrogen and oxygen atoms in total. The Morgan fingerprint density at radius 3 is 2.58 bits per heavy atom. The number of benzene rings is 3. The highest BCUT2D eigenvalue weighted by atomic mass is 79.9. The van der Waals surface area contributed by atoms with Gasteiger partial charge in [0.25, 0.3) is 0 Å². The third-order valence-corrected chi connectivity index (χ3v) is 4.22. The number of fused-ring (bicyclic) bond motifs is 1. The molecule has 0 saturated heterocycles. The molecular weight excluding hydrogens is 370 g/mol. The molecule has 0 spiro atoms. The molecule has 0 saturated carbocycles. The van der Waals surface area contributed by atoms with Crippen molar-refractivity contribution < 1.29 is 14.3 Å². The number of hydrogen-bond acceptors (Lipinski definition) is 4. The maximum atomic E-state index is 12.0. The smallest absolute Gasteiger partial charge is 0.349 e. The van der Waals surface area contributed by atoms with Crippen LogP contribution in [0.3, 0.4) is 0 Å². The zero-order valence-electron chi connectivity index (χ0n) is 12.5. The predicted octanol–water partition coefficient (Wildman–Crippen LogP) is 4.46. The van der Waals surface area contributed by atoms with E-state index >= 15 is 0 Å². The second-order valence-corrected chi connectivity index (χ2v) is 5.76. The average Bonchev–Trinajstić information content (AvgIpc) is 2.63. The van der Waals surface area contributed by atoms with E-state index in [1.807, 2.05) is 36.4 Å². The van der Waals surface area contributed by atoms with Gasteiger partial charge in [-0.2, -0.15) is 5.26 Å². The van der Waals surface area contributed by atoms with E-state index in [1.54, 1.807) is 30.3 Å². The number of halogens is 1. The van der Waals surface area contributed by atoms with Gasteiger partial charge in [0.1, 0.15) is 17.6 Å². The van der Waals surface area contributed by atoms with E-state index in [9.17, 15) is 4.79 Å². The quantitative estimate of drug-likeness (QED) is 0.494. The van der Waals surface area contributed by atoms with Crippen LogP contribution in [0.1, 0.15) is 5.56 Å². The summed E-state index contributed by atoms with van der Waals surface area (Å²) in [6, 6.07) is 20.1. The lowest BCUT2D eigenvalue weighted by molar-refractivity contribution is -0.136. The summed E-state index contributed by atoms with van der Waals surface area (Å²) < 4.78 is 11.4. The number of nitrogens with zero attached hydrogens (tertiary/aromatic N) is 1. The Balaban J connectivity index is 1.71. The molecule has 0 aliphatic carbocycles. The zero-order chi connectivity index (χ0) is 16.9. The highest BCUT2D eigenvalue weighted by Gasteiger charge is 2.12. The van der Waals surface area contributed by atoms with Gasteiger partial charge in [-0.05, 0) is 44.9 Å². The van der Waals surface area contributed by atoms with Gasteiger partial charge < -0.3 is 9.47 Å². The van der Waals surface area contributed by atoms with Crippen molar-refractivity contribution in [2.45, 2.75) is 0 Å². The Bertz CT molecular complexity index is 947. The van der Waals surface area contributed by atoms with Crippen molar-refractivity contribution in [2.75, 3.05) is 6.61 Å². The number of para-hydroxylation sites is 1. The van der Waals surface area contributed by atoms with E-state index in [1.165, 1.54) is 0 Å². The van der Waals surface area contributed by atoms with Crippen molar-refractivity contribution in [2.24, 2.45) is 0 Å². The van der Waals surface area contributed by atoms with E-state index in [2.05, 4.69) is 15.9 Å². The minimum Gasteiger partial charge on any atom is -0.481 e. The van der Waals surface area contributed by atoms with E-state index < -0.39 is 5.97 Å². The summed E-state index contributed by atoms with van der Waals surface area (Å²) in [5.41, 5.74) is 0.372. The Morgan fingerprint density at radius 2 is 1.75 bits per heavy atom. The van der Waals surface area contributed by atoms with Crippen molar-refractivity contribution in [3.8, 4) is 17.6 Å². The maximum Gasteiger partial charge on any atom is 0.349 e. The molecule has 0 fully saturated rings. The Kier molecular flexibility index (Phi) is 4.78. The molecule has 0 atom stereocenters. The second kappa shape index (κ2) is 7.16. The van der Waals surface area contributed by atoms with E-state index in [0.717, 1.165) is 10.8 Å². The molecular formula is C19H12BrNO3. The summed E-state index contributed by atoms with van der Waals surface area (Å²) in [6.45, 7) is -0.280. The number of ether oxygens (including phenoxy) is 2. The molecule has 3 aromatic rings. The summed E-state index contributed by atoms with van der Waals surface area (Å²) in [5.74, 6) is 0.240. The summed E-state index contributed by atoms with van der Waals surface area (Å²) in [5, 5.41) is 11.0. The first kappa shape index (κ1) is 16.0. The van der Waals surface area contributed by atoms with Crippen molar-refractivity contribution in [1.29, 1.82) is 5.26 Å². The number of hydrogen-bond donors (Lipinski definition) is 0. The first-order valence-electron chi connectivity index (χ1n) is 7.19. The van der Waals surface area contributed by atoms with Crippen LogP contribution in [0.4, 0.5) is 0 Å². The highest BCUT2D eigenvalue weighted by Crippen LogP contribution is 2.33. The van der Waals surface area contributed by atoms with Crippen LogP contribution in [-0.2, 0) is 4.79 Å². The van der Waals surface area contributed by atoms with Crippen molar-refractivity contribution >= 4 is 32.7 Å². The Morgan fingerprint density at radius 1 is 1.00 bits per heavy atom. The molecule has 0 N–H and O–H groups in total. The van der Waals surface area contributed by atoms with Crippen LogP contribution in [0.25, 0.3) is 10.8 Å². The molecule has 0 radical (unpaired) electrons. The minimum atomic E-state index is -0.543. The van der Waals surface area contributed by atoms with E-state index in [0.29, 0.717) is 21.5 Å². The maximum absolute atomic E-state index is 12.0. The number of carbonyl (C=O) groups excluding carboxylic acids is 1. The lowest BCUT2D eigenvalue weighted by Crippen LogP contribution is -2.18. The van der Waals surface area contributed by atoms with Gasteiger partial charge in [-0.25, -0.2) is 4.79 Å². The summed E-state index contributed by atoms with van der Waals surface area (Å²) in [7, 11) is 0. The molecule has 0 aliphatic heterocycles. The summed E-state index contributed by atoms with van der Waals surface area (Å²) in [4.78, 5) is 12.0. The molecule has 24 heavy (non-hydrogen) atoms. The predicted molar refractivity (Wildman–Crippen MR) is 93.9 cm³/mol. The Labute approximate surface area is 147 Å². The fourth-order valence-electron chi connectivity index (χ4n) is 2.27. The first-order chi connectivity index (χ1) is 11.7. The standard InChI is InChI=1S/C19H12BrNO3/c20-19-15-7-3-1-5-13(15)9-10-17(19)24-18(22)12-23-16-8-4-2-6-14(16)11-21/h1-10H,12H2. The van der Waals surface area contributed by atoms with E-state index in [4.69, 9.17) is 14.7 Å². The van der Waals surface area contributed by atoms with Gasteiger partial charge in [0.15, 0.2) is 6.61 Å². The minimum absolute atomic E-state index is 0.280. The summed E-state index contributed by atoms with van der Waals surface area (Å²) in [6.07, 6.45) is 0. The second-order valence-electron chi connectivity index (χ2n) is 4.97. The van der Waals surface area contributed by atoms with Gasteiger partial charge in [-0.1, -0.05) is 42.5 Å². The van der Waals surface area contributed by atoms with Crippen LogP contribution in [0.5, 0.6) is 11.5 Å². The van der Waals surface area contributed by atoms with Gasteiger partial charge in [0.2, 0.25) is 0 Å². The fraction of sp³-hybridized carbons (Fsp3) is 0.0526. The number of carbonyl (C=O) groups is 1. The number of rotatable bonds is 4. The van der Waals surface area contributed by atoms with Crippen molar-refractivity contribution in [3.05, 3.63) is 70.7 Å². The van der Waals surface area contributed by atoms with Crippen LogP contribution >= 0.6 is 15.9 Å². The summed E-state index contributed by atoms with van der Waals surface area (Å²) >= 11 is 3.47. The molecule has 3 rings (SSSR count). The van der Waals surface area contributed by atoms with E-state index in [-0.39, 0.29) is 6.61 Å².